The van der Waals surface area contributed by atoms with Crippen molar-refractivity contribution < 1.29 is 24.6 Å². The maximum Gasteiger partial charge on any atom is 0.137 e. The summed E-state index contributed by atoms with van der Waals surface area (Å²) in [5, 5.41) is 20.6. The Morgan fingerprint density at radius 1 is 1.17 bits per heavy atom. The minimum Gasteiger partial charge on any atom is -0.497 e. The lowest BCUT2D eigenvalue weighted by molar-refractivity contribution is -1.00. The van der Waals surface area contributed by atoms with Crippen LogP contribution < -0.4 is 14.4 Å². The Hall–Kier alpha value is -1.30. The summed E-state index contributed by atoms with van der Waals surface area (Å²) in [4.78, 5) is 1.31. The Morgan fingerprint density at radius 2 is 1.75 bits per heavy atom. The number of methoxy groups -OCH3 is 1. The molecule has 1 aromatic rings. The van der Waals surface area contributed by atoms with E-state index in [1.165, 1.54) is 4.90 Å². The van der Waals surface area contributed by atoms with Crippen molar-refractivity contribution in [3.63, 3.8) is 0 Å². The Balaban J connectivity index is 1.96. The number of quaternary nitrogens is 1. The SMILES string of the molecule is COc1cccc(OC[C@@H](O)C[NH+]2C(C)(C)CC(O)CC2(C)C)c1. The van der Waals surface area contributed by atoms with Crippen molar-refractivity contribution in [2.75, 3.05) is 20.3 Å². The first-order valence-corrected chi connectivity index (χ1v) is 8.64. The fourth-order valence-corrected chi connectivity index (χ4v) is 4.14. The van der Waals surface area contributed by atoms with E-state index in [0.29, 0.717) is 12.3 Å². The second-order valence-electron chi connectivity index (χ2n) is 8.16. The molecule has 3 N–H and O–H groups in total. The molecule has 1 atom stereocenters. The van der Waals surface area contributed by atoms with E-state index in [2.05, 4.69) is 27.7 Å². The molecule has 0 radical (unpaired) electrons. The Morgan fingerprint density at radius 3 is 2.33 bits per heavy atom. The predicted molar refractivity (Wildman–Crippen MR) is 93.7 cm³/mol. The van der Waals surface area contributed by atoms with Gasteiger partial charge in [0, 0.05) is 18.9 Å². The summed E-state index contributed by atoms with van der Waals surface area (Å²) in [6.45, 7) is 9.45. The van der Waals surface area contributed by atoms with Crippen LogP contribution in [0, 0.1) is 0 Å². The molecule has 1 aliphatic rings. The number of piperidine rings is 1. The van der Waals surface area contributed by atoms with Gasteiger partial charge in [-0.2, -0.15) is 0 Å². The zero-order chi connectivity index (χ0) is 18.0. The Bertz CT molecular complexity index is 526. The first-order valence-electron chi connectivity index (χ1n) is 8.64. The van der Waals surface area contributed by atoms with Gasteiger partial charge in [-0.1, -0.05) is 6.07 Å². The molecule has 0 aliphatic carbocycles. The topological polar surface area (TPSA) is 63.4 Å². The average molecular weight is 338 g/mol. The zero-order valence-corrected chi connectivity index (χ0v) is 15.5. The van der Waals surface area contributed by atoms with Gasteiger partial charge in [-0.05, 0) is 39.8 Å². The van der Waals surface area contributed by atoms with Crippen molar-refractivity contribution in [1.29, 1.82) is 0 Å². The summed E-state index contributed by atoms with van der Waals surface area (Å²) in [5.74, 6) is 1.43. The summed E-state index contributed by atoms with van der Waals surface area (Å²) in [6, 6.07) is 7.39. The van der Waals surface area contributed by atoms with Crippen LogP contribution in [0.25, 0.3) is 0 Å². The molecule has 136 valence electrons. The summed E-state index contributed by atoms with van der Waals surface area (Å²) in [6.07, 6.45) is 0.647. The van der Waals surface area contributed by atoms with Gasteiger partial charge in [0.2, 0.25) is 0 Å². The molecule has 1 heterocycles. The van der Waals surface area contributed by atoms with Crippen LogP contribution in [-0.4, -0.2) is 53.8 Å². The number of hydrogen-bond donors (Lipinski definition) is 3. The van der Waals surface area contributed by atoms with Gasteiger partial charge in [-0.3, -0.25) is 0 Å². The third kappa shape index (κ3) is 4.62. The number of benzene rings is 1. The highest BCUT2D eigenvalue weighted by Gasteiger charge is 2.49. The van der Waals surface area contributed by atoms with Gasteiger partial charge in [0.25, 0.3) is 0 Å². The van der Waals surface area contributed by atoms with Crippen LogP contribution in [0.5, 0.6) is 11.5 Å². The summed E-state index contributed by atoms with van der Waals surface area (Å²) >= 11 is 0. The fraction of sp³-hybridized carbons (Fsp3) is 0.684. The third-order valence-corrected chi connectivity index (χ3v) is 5.05. The monoisotopic (exact) mass is 338 g/mol. The minimum absolute atomic E-state index is 0.0852. The predicted octanol–water partition coefficient (Wildman–Crippen LogP) is 1.03. The van der Waals surface area contributed by atoms with Crippen LogP contribution in [0.15, 0.2) is 24.3 Å². The summed E-state index contributed by atoms with van der Waals surface area (Å²) in [5.41, 5.74) is -0.170. The molecular formula is C19H32NO4+. The van der Waals surface area contributed by atoms with Crippen molar-refractivity contribution in [2.45, 2.75) is 63.8 Å². The van der Waals surface area contributed by atoms with E-state index in [9.17, 15) is 10.2 Å². The normalized spacial score (nSPS) is 26.6. The minimum atomic E-state index is -0.569. The molecule has 0 bridgehead atoms. The van der Waals surface area contributed by atoms with Gasteiger partial charge in [0.05, 0.1) is 24.3 Å². The van der Waals surface area contributed by atoms with Gasteiger partial charge in [0.1, 0.15) is 30.8 Å². The quantitative estimate of drug-likeness (QED) is 0.725. The average Bonchev–Trinajstić information content (AvgIpc) is 2.48. The van der Waals surface area contributed by atoms with E-state index in [-0.39, 0.29) is 23.8 Å². The van der Waals surface area contributed by atoms with E-state index in [0.717, 1.165) is 18.6 Å². The lowest BCUT2D eigenvalue weighted by Gasteiger charge is -2.51. The highest BCUT2D eigenvalue weighted by Crippen LogP contribution is 2.24. The van der Waals surface area contributed by atoms with E-state index < -0.39 is 6.10 Å². The molecule has 5 nitrogen and oxygen atoms in total. The van der Waals surface area contributed by atoms with Crippen molar-refractivity contribution in [3.05, 3.63) is 24.3 Å². The molecule has 1 aromatic carbocycles. The highest BCUT2D eigenvalue weighted by molar-refractivity contribution is 5.32. The molecule has 5 heteroatoms. The van der Waals surface area contributed by atoms with Crippen LogP contribution in [-0.2, 0) is 0 Å². The van der Waals surface area contributed by atoms with Crippen molar-refractivity contribution in [2.24, 2.45) is 0 Å². The molecule has 24 heavy (non-hydrogen) atoms. The third-order valence-electron chi connectivity index (χ3n) is 5.05. The van der Waals surface area contributed by atoms with Crippen molar-refractivity contribution >= 4 is 0 Å². The highest BCUT2D eigenvalue weighted by atomic mass is 16.5. The Kier molecular flexibility index (Phi) is 5.78. The summed E-state index contributed by atoms with van der Waals surface area (Å²) in [7, 11) is 1.62. The molecule has 0 unspecified atom stereocenters. The van der Waals surface area contributed by atoms with Crippen LogP contribution in [0.3, 0.4) is 0 Å². The van der Waals surface area contributed by atoms with E-state index in [1.807, 2.05) is 24.3 Å². The van der Waals surface area contributed by atoms with E-state index >= 15 is 0 Å². The molecule has 0 aromatic heterocycles. The fourth-order valence-electron chi connectivity index (χ4n) is 4.14. The first kappa shape index (κ1) is 19.0. The molecule has 0 amide bonds. The summed E-state index contributed by atoms with van der Waals surface area (Å²) < 4.78 is 10.9. The van der Waals surface area contributed by atoms with Crippen LogP contribution in [0.2, 0.25) is 0 Å². The first-order chi connectivity index (χ1) is 11.1. The number of hydrogen-bond acceptors (Lipinski definition) is 4. The number of aliphatic hydroxyl groups is 2. The zero-order valence-electron chi connectivity index (χ0n) is 15.5. The number of aliphatic hydroxyl groups excluding tert-OH is 2. The largest absolute Gasteiger partial charge is 0.497 e. The van der Waals surface area contributed by atoms with Crippen molar-refractivity contribution in [1.82, 2.24) is 0 Å². The van der Waals surface area contributed by atoms with Crippen LogP contribution in [0.1, 0.15) is 40.5 Å². The molecule has 0 saturated carbocycles. The molecule has 1 saturated heterocycles. The van der Waals surface area contributed by atoms with Crippen molar-refractivity contribution in [3.8, 4) is 11.5 Å². The van der Waals surface area contributed by atoms with Crippen LogP contribution in [0.4, 0.5) is 0 Å². The second-order valence-corrected chi connectivity index (χ2v) is 8.16. The van der Waals surface area contributed by atoms with Gasteiger partial charge in [-0.25, -0.2) is 0 Å². The maximum atomic E-state index is 10.5. The molecule has 0 spiro atoms. The van der Waals surface area contributed by atoms with Gasteiger partial charge < -0.3 is 24.6 Å². The number of rotatable bonds is 6. The van der Waals surface area contributed by atoms with Gasteiger partial charge >= 0.3 is 0 Å². The number of nitrogens with one attached hydrogen (secondary N) is 1. The number of likely N-dealkylation sites (tertiary alicyclic amines) is 1. The molecule has 1 fully saturated rings. The smallest absolute Gasteiger partial charge is 0.137 e. The molecule has 1 aliphatic heterocycles. The lowest BCUT2D eigenvalue weighted by atomic mass is 9.78. The second kappa shape index (κ2) is 7.30. The Labute approximate surface area is 145 Å². The van der Waals surface area contributed by atoms with Gasteiger partial charge in [0.15, 0.2) is 0 Å². The van der Waals surface area contributed by atoms with E-state index in [1.54, 1.807) is 7.11 Å². The maximum absolute atomic E-state index is 10.5. The lowest BCUT2D eigenvalue weighted by Crippen LogP contribution is -3.27. The van der Waals surface area contributed by atoms with E-state index in [4.69, 9.17) is 9.47 Å². The number of ether oxygens (including phenoxy) is 2. The standard InChI is InChI=1S/C19H31NO4/c1-18(2)10-14(21)11-19(3,4)20(18)12-15(22)13-24-17-8-6-7-16(9-17)23-5/h6-9,14-15,21-22H,10-13H2,1-5H3/p+1/t15-/m0/s1. The van der Waals surface area contributed by atoms with Gasteiger partial charge in [-0.15, -0.1) is 0 Å². The molecule has 2 rings (SSSR count). The molecular weight excluding hydrogens is 306 g/mol. The van der Waals surface area contributed by atoms with Crippen LogP contribution >= 0.6 is 0 Å².